The molecule has 0 atom stereocenters. The molecule has 0 saturated carbocycles. The first-order chi connectivity index (χ1) is 9.10. The summed E-state index contributed by atoms with van der Waals surface area (Å²) < 4.78 is 23.7. The van der Waals surface area contributed by atoms with Gasteiger partial charge in [0.2, 0.25) is 0 Å². The topological polar surface area (TPSA) is 76.7 Å². The molecule has 0 unspecified atom stereocenters. The molecule has 5 nitrogen and oxygen atoms in total. The van der Waals surface area contributed by atoms with Crippen molar-refractivity contribution >= 4 is 11.4 Å². The molecule has 0 radical (unpaired) electrons. The van der Waals surface area contributed by atoms with Gasteiger partial charge in [-0.25, -0.2) is 4.39 Å². The average Bonchev–Trinajstić information content (AvgIpc) is 2.43. The zero-order chi connectivity index (χ0) is 13.9. The van der Waals surface area contributed by atoms with E-state index in [1.807, 2.05) is 0 Å². The molecule has 0 bridgehead atoms. The Hall–Kier alpha value is -1.53. The number of nitrogens with one attached hydrogen (secondary N) is 1. The SMILES string of the molecule is COc1cc(NC2(CO)CCOCC2)c(N)cc1F. The largest absolute Gasteiger partial charge is 0.494 e. The van der Waals surface area contributed by atoms with Gasteiger partial charge in [0.25, 0.3) is 0 Å². The highest BCUT2D eigenvalue weighted by Crippen LogP contribution is 2.33. The minimum absolute atomic E-state index is 0.0323. The Morgan fingerprint density at radius 2 is 2.16 bits per heavy atom. The lowest BCUT2D eigenvalue weighted by molar-refractivity contribution is 0.0380. The molecule has 1 aromatic carbocycles. The van der Waals surface area contributed by atoms with Gasteiger partial charge in [0.05, 0.1) is 30.6 Å². The lowest BCUT2D eigenvalue weighted by Crippen LogP contribution is -2.47. The van der Waals surface area contributed by atoms with E-state index in [1.54, 1.807) is 0 Å². The Bertz CT molecular complexity index is 448. The minimum atomic E-state index is -0.504. The second-order valence-corrected chi connectivity index (χ2v) is 4.75. The number of benzene rings is 1. The first-order valence-electron chi connectivity index (χ1n) is 6.20. The van der Waals surface area contributed by atoms with Crippen LogP contribution in [0, 0.1) is 5.82 Å². The molecule has 0 aromatic heterocycles. The Labute approximate surface area is 111 Å². The average molecular weight is 270 g/mol. The second kappa shape index (κ2) is 5.63. The van der Waals surface area contributed by atoms with E-state index in [9.17, 15) is 9.50 Å². The lowest BCUT2D eigenvalue weighted by atomic mass is 9.90. The third-order valence-corrected chi connectivity index (χ3v) is 3.48. The smallest absolute Gasteiger partial charge is 0.167 e. The monoisotopic (exact) mass is 270 g/mol. The van der Waals surface area contributed by atoms with Gasteiger partial charge in [-0.05, 0) is 12.8 Å². The second-order valence-electron chi connectivity index (χ2n) is 4.75. The van der Waals surface area contributed by atoms with Crippen LogP contribution in [0.4, 0.5) is 15.8 Å². The van der Waals surface area contributed by atoms with Crippen molar-refractivity contribution < 1.29 is 19.0 Å². The maximum atomic E-state index is 13.5. The van der Waals surface area contributed by atoms with E-state index in [1.165, 1.54) is 19.2 Å². The third kappa shape index (κ3) is 2.90. The molecule has 1 aromatic rings. The van der Waals surface area contributed by atoms with Gasteiger partial charge in [-0.3, -0.25) is 0 Å². The minimum Gasteiger partial charge on any atom is -0.494 e. The van der Waals surface area contributed by atoms with E-state index in [0.29, 0.717) is 31.7 Å². The number of ether oxygens (including phenoxy) is 2. The zero-order valence-electron chi connectivity index (χ0n) is 10.9. The lowest BCUT2D eigenvalue weighted by Gasteiger charge is -2.37. The number of halogens is 1. The van der Waals surface area contributed by atoms with Crippen molar-refractivity contribution in [3.8, 4) is 5.75 Å². The number of methoxy groups -OCH3 is 1. The number of nitrogens with two attached hydrogens (primary N) is 1. The van der Waals surface area contributed by atoms with Gasteiger partial charge in [0.15, 0.2) is 11.6 Å². The standard InChI is InChI=1S/C13H19FN2O3/c1-18-12-7-11(10(15)6-9(12)14)16-13(8-17)2-4-19-5-3-13/h6-7,16-17H,2-5,8,15H2,1H3. The van der Waals surface area contributed by atoms with E-state index in [2.05, 4.69) is 5.32 Å². The number of hydrogen-bond donors (Lipinski definition) is 3. The van der Waals surface area contributed by atoms with Crippen molar-refractivity contribution in [2.24, 2.45) is 0 Å². The van der Waals surface area contributed by atoms with E-state index in [4.69, 9.17) is 15.2 Å². The van der Waals surface area contributed by atoms with Gasteiger partial charge >= 0.3 is 0 Å². The van der Waals surface area contributed by atoms with Gasteiger partial charge in [0.1, 0.15) is 0 Å². The molecule has 4 N–H and O–H groups in total. The summed E-state index contributed by atoms with van der Waals surface area (Å²) in [5, 5.41) is 12.8. The van der Waals surface area contributed by atoms with Crippen molar-refractivity contribution in [2.75, 3.05) is 38.0 Å². The Balaban J connectivity index is 2.26. The maximum absolute atomic E-state index is 13.5. The van der Waals surface area contributed by atoms with Crippen LogP contribution in [0.2, 0.25) is 0 Å². The highest BCUT2D eigenvalue weighted by molar-refractivity contribution is 5.69. The number of rotatable bonds is 4. The summed E-state index contributed by atoms with van der Waals surface area (Å²) in [6, 6.07) is 2.73. The van der Waals surface area contributed by atoms with E-state index in [-0.39, 0.29) is 18.0 Å². The van der Waals surface area contributed by atoms with E-state index >= 15 is 0 Å². The molecule has 1 aliphatic rings. The molecule has 0 aliphatic carbocycles. The molecule has 1 heterocycles. The van der Waals surface area contributed by atoms with Crippen molar-refractivity contribution in [3.05, 3.63) is 17.9 Å². The summed E-state index contributed by atoms with van der Waals surface area (Å²) in [5.41, 5.74) is 6.18. The summed E-state index contributed by atoms with van der Waals surface area (Å²) in [6.07, 6.45) is 1.34. The third-order valence-electron chi connectivity index (χ3n) is 3.48. The molecule has 6 heteroatoms. The maximum Gasteiger partial charge on any atom is 0.167 e. The molecule has 1 saturated heterocycles. The predicted octanol–water partition coefficient (Wildman–Crippen LogP) is 1.37. The molecular formula is C13H19FN2O3. The molecule has 106 valence electrons. The van der Waals surface area contributed by atoms with Gasteiger partial charge in [0, 0.05) is 25.3 Å². The molecule has 19 heavy (non-hydrogen) atoms. The van der Waals surface area contributed by atoms with Crippen LogP contribution in [0.25, 0.3) is 0 Å². The van der Waals surface area contributed by atoms with Gasteiger partial charge in [-0.1, -0.05) is 0 Å². The summed E-state index contributed by atoms with van der Waals surface area (Å²) in [4.78, 5) is 0. The van der Waals surface area contributed by atoms with Gasteiger partial charge in [-0.15, -0.1) is 0 Å². The fourth-order valence-electron chi connectivity index (χ4n) is 2.20. The van der Waals surface area contributed by atoms with Crippen LogP contribution in [0.15, 0.2) is 12.1 Å². The number of nitrogen functional groups attached to an aromatic ring is 1. The number of aliphatic hydroxyl groups is 1. The summed E-state index contributed by atoms with van der Waals surface area (Å²) >= 11 is 0. The predicted molar refractivity (Wildman–Crippen MR) is 70.9 cm³/mol. The van der Waals surface area contributed by atoms with Crippen molar-refractivity contribution in [1.82, 2.24) is 0 Å². The Morgan fingerprint density at radius 1 is 1.47 bits per heavy atom. The Morgan fingerprint density at radius 3 is 2.74 bits per heavy atom. The van der Waals surface area contributed by atoms with Gasteiger partial charge in [-0.2, -0.15) is 0 Å². The molecule has 1 fully saturated rings. The quantitative estimate of drug-likeness (QED) is 0.720. The van der Waals surface area contributed by atoms with E-state index < -0.39 is 11.4 Å². The van der Waals surface area contributed by atoms with Crippen LogP contribution in [-0.2, 0) is 4.74 Å². The van der Waals surface area contributed by atoms with Gasteiger partial charge < -0.3 is 25.6 Å². The van der Waals surface area contributed by atoms with E-state index in [0.717, 1.165) is 0 Å². The molecular weight excluding hydrogens is 251 g/mol. The summed E-state index contributed by atoms with van der Waals surface area (Å²) in [7, 11) is 1.40. The molecule has 2 rings (SSSR count). The first kappa shape index (κ1) is 13.9. The van der Waals surface area contributed by atoms with Crippen LogP contribution in [0.1, 0.15) is 12.8 Å². The Kier molecular flexibility index (Phi) is 4.11. The molecule has 0 spiro atoms. The normalized spacial score (nSPS) is 18.1. The number of hydrogen-bond acceptors (Lipinski definition) is 5. The summed E-state index contributed by atoms with van der Waals surface area (Å²) in [6.45, 7) is 1.12. The van der Waals surface area contributed by atoms with Crippen molar-refractivity contribution in [1.29, 1.82) is 0 Å². The summed E-state index contributed by atoms with van der Waals surface area (Å²) in [5.74, 6) is -0.382. The van der Waals surface area contributed by atoms with Crippen LogP contribution in [-0.4, -0.2) is 37.6 Å². The number of aliphatic hydroxyl groups excluding tert-OH is 1. The highest BCUT2D eigenvalue weighted by Gasteiger charge is 2.32. The van der Waals surface area contributed by atoms with Crippen LogP contribution < -0.4 is 15.8 Å². The van der Waals surface area contributed by atoms with Crippen molar-refractivity contribution in [2.45, 2.75) is 18.4 Å². The number of anilines is 2. The van der Waals surface area contributed by atoms with Crippen LogP contribution >= 0.6 is 0 Å². The highest BCUT2D eigenvalue weighted by atomic mass is 19.1. The fourth-order valence-corrected chi connectivity index (χ4v) is 2.20. The van der Waals surface area contributed by atoms with Crippen molar-refractivity contribution in [3.63, 3.8) is 0 Å². The molecule has 0 amide bonds. The molecule has 1 aliphatic heterocycles. The van der Waals surface area contributed by atoms with Crippen LogP contribution in [0.5, 0.6) is 5.75 Å². The van der Waals surface area contributed by atoms with Crippen LogP contribution in [0.3, 0.4) is 0 Å². The first-order valence-corrected chi connectivity index (χ1v) is 6.20. The fraction of sp³-hybridized carbons (Fsp3) is 0.538. The zero-order valence-corrected chi connectivity index (χ0v) is 10.9.